The van der Waals surface area contributed by atoms with Crippen molar-refractivity contribution in [3.05, 3.63) is 82.5 Å². The number of aromatic carboxylic acids is 1. The minimum atomic E-state index is -1.20. The number of amides is 1. The molecule has 2 unspecified atom stereocenters. The number of aromatic nitrogens is 2. The number of ether oxygens (including phenoxy) is 2. The Bertz CT molecular complexity index is 1150. The topological polar surface area (TPSA) is 103 Å². The summed E-state index contributed by atoms with van der Waals surface area (Å²) in [6.07, 6.45) is 3.67. The van der Waals surface area contributed by atoms with Crippen molar-refractivity contribution in [2.75, 3.05) is 0 Å². The Morgan fingerprint density at radius 2 is 1.80 bits per heavy atom. The van der Waals surface area contributed by atoms with Crippen molar-refractivity contribution in [3.8, 4) is 5.88 Å². The molecule has 0 saturated heterocycles. The lowest BCUT2D eigenvalue weighted by Gasteiger charge is -2.32. The fourth-order valence-electron chi connectivity index (χ4n) is 4.15. The van der Waals surface area contributed by atoms with E-state index in [-0.39, 0.29) is 42.8 Å². The van der Waals surface area contributed by atoms with Gasteiger partial charge in [-0.15, -0.1) is 0 Å². The molecule has 1 fully saturated rings. The van der Waals surface area contributed by atoms with Crippen LogP contribution in [0.3, 0.4) is 0 Å². The highest BCUT2D eigenvalue weighted by molar-refractivity contribution is 6.30. The van der Waals surface area contributed by atoms with Crippen LogP contribution in [0.25, 0.3) is 0 Å². The summed E-state index contributed by atoms with van der Waals surface area (Å²) < 4.78 is 13.2. The van der Waals surface area contributed by atoms with Crippen molar-refractivity contribution >= 4 is 23.5 Å². The van der Waals surface area contributed by atoms with Gasteiger partial charge in [0.15, 0.2) is 5.69 Å². The molecular formula is C26H28ClN3O5. The zero-order valence-electron chi connectivity index (χ0n) is 19.2. The lowest BCUT2D eigenvalue weighted by Crippen LogP contribution is -2.47. The van der Waals surface area contributed by atoms with E-state index in [0.717, 1.165) is 36.8 Å². The van der Waals surface area contributed by atoms with Gasteiger partial charge in [0.1, 0.15) is 13.2 Å². The zero-order valence-corrected chi connectivity index (χ0v) is 20.0. The van der Waals surface area contributed by atoms with Crippen molar-refractivity contribution in [2.24, 2.45) is 0 Å². The first-order valence-electron chi connectivity index (χ1n) is 11.6. The smallest absolute Gasteiger partial charge is 0.356 e. The number of benzene rings is 2. The van der Waals surface area contributed by atoms with Gasteiger partial charge >= 0.3 is 5.97 Å². The van der Waals surface area contributed by atoms with Crippen molar-refractivity contribution < 1.29 is 24.2 Å². The van der Waals surface area contributed by atoms with Crippen LogP contribution in [0, 0.1) is 0 Å². The van der Waals surface area contributed by atoms with Gasteiger partial charge < -0.3 is 19.9 Å². The van der Waals surface area contributed by atoms with Crippen LogP contribution in [0.5, 0.6) is 5.88 Å². The molecule has 0 bridgehead atoms. The number of carbonyl (C=O) groups is 2. The Kier molecular flexibility index (Phi) is 8.39. The normalized spacial score (nSPS) is 17.6. The highest BCUT2D eigenvalue weighted by atomic mass is 35.5. The summed E-state index contributed by atoms with van der Waals surface area (Å²) >= 11 is 6.02. The molecule has 1 aliphatic rings. The third-order valence-electron chi connectivity index (χ3n) is 5.89. The highest BCUT2D eigenvalue weighted by Gasteiger charge is 2.28. The summed E-state index contributed by atoms with van der Waals surface area (Å²) in [5.74, 6) is -1.28. The average molecular weight is 498 g/mol. The van der Waals surface area contributed by atoms with Crippen LogP contribution in [0.15, 0.2) is 60.7 Å². The van der Waals surface area contributed by atoms with E-state index in [0.29, 0.717) is 11.6 Å². The monoisotopic (exact) mass is 497 g/mol. The summed E-state index contributed by atoms with van der Waals surface area (Å²) in [5, 5.41) is 17.0. The van der Waals surface area contributed by atoms with Gasteiger partial charge in [0.2, 0.25) is 11.8 Å². The molecule has 1 aromatic heterocycles. The van der Waals surface area contributed by atoms with Crippen molar-refractivity contribution in [3.63, 3.8) is 0 Å². The summed E-state index contributed by atoms with van der Waals surface area (Å²) in [5.41, 5.74) is 1.70. The van der Waals surface area contributed by atoms with Crippen LogP contribution in [0.1, 0.15) is 47.3 Å². The van der Waals surface area contributed by atoms with E-state index in [1.165, 1.54) is 10.7 Å². The maximum atomic E-state index is 12.9. The molecule has 9 heteroatoms. The molecule has 0 spiro atoms. The molecule has 2 N–H and O–H groups in total. The van der Waals surface area contributed by atoms with E-state index >= 15 is 0 Å². The third-order valence-corrected chi connectivity index (χ3v) is 6.12. The lowest BCUT2D eigenvalue weighted by molar-refractivity contribution is -0.124. The van der Waals surface area contributed by atoms with E-state index in [1.54, 1.807) is 18.2 Å². The molecule has 1 aliphatic carbocycles. The van der Waals surface area contributed by atoms with E-state index in [4.69, 9.17) is 21.1 Å². The molecule has 1 saturated carbocycles. The standard InChI is InChI=1S/C26H28ClN3O5/c27-20-10-6-9-19(13-20)17-35-25-14-22(26(32)33)29-30(25)15-24(31)28-21-11-4-5-12-23(21)34-16-18-7-2-1-3-8-18/h1-3,6-10,13-14,21,23H,4-5,11-12,15-17H2,(H,28,31)(H,32,33). The van der Waals surface area contributed by atoms with Gasteiger partial charge in [0.25, 0.3) is 0 Å². The first-order valence-corrected chi connectivity index (χ1v) is 12.0. The van der Waals surface area contributed by atoms with Gasteiger partial charge in [-0.3, -0.25) is 4.79 Å². The molecule has 1 amide bonds. The van der Waals surface area contributed by atoms with Crippen LogP contribution in [0.4, 0.5) is 0 Å². The maximum Gasteiger partial charge on any atom is 0.356 e. The molecule has 3 aromatic rings. The number of halogens is 1. The Hall–Kier alpha value is -3.36. The van der Waals surface area contributed by atoms with E-state index in [1.807, 2.05) is 36.4 Å². The highest BCUT2D eigenvalue weighted by Crippen LogP contribution is 2.23. The zero-order chi connectivity index (χ0) is 24.6. The van der Waals surface area contributed by atoms with Gasteiger partial charge in [-0.05, 0) is 36.1 Å². The van der Waals surface area contributed by atoms with Crippen molar-refractivity contribution in [1.82, 2.24) is 15.1 Å². The Morgan fingerprint density at radius 3 is 2.57 bits per heavy atom. The van der Waals surface area contributed by atoms with Gasteiger partial charge in [-0.25, -0.2) is 9.48 Å². The first-order chi connectivity index (χ1) is 17.0. The number of nitrogens with zero attached hydrogens (tertiary/aromatic N) is 2. The van der Waals surface area contributed by atoms with Gasteiger partial charge in [0, 0.05) is 11.1 Å². The molecule has 4 rings (SSSR count). The second-order valence-corrected chi connectivity index (χ2v) is 8.98. The van der Waals surface area contributed by atoms with E-state index < -0.39 is 5.97 Å². The number of nitrogens with one attached hydrogen (secondary N) is 1. The van der Waals surface area contributed by atoms with Crippen LogP contribution < -0.4 is 10.1 Å². The van der Waals surface area contributed by atoms with Crippen molar-refractivity contribution in [1.29, 1.82) is 0 Å². The predicted molar refractivity (Wildman–Crippen MR) is 130 cm³/mol. The number of carboxylic acid groups (broad SMARTS) is 1. The second kappa shape index (κ2) is 11.9. The van der Waals surface area contributed by atoms with Gasteiger partial charge in [-0.2, -0.15) is 5.10 Å². The number of carboxylic acids is 1. The third kappa shape index (κ3) is 7.07. The first kappa shape index (κ1) is 24.8. The number of carbonyl (C=O) groups excluding carboxylic acids is 1. The van der Waals surface area contributed by atoms with Crippen LogP contribution in [-0.2, 0) is 29.3 Å². The molecule has 184 valence electrons. The molecule has 0 aliphatic heterocycles. The minimum Gasteiger partial charge on any atom is -0.476 e. The summed E-state index contributed by atoms with van der Waals surface area (Å²) in [4.78, 5) is 24.4. The van der Waals surface area contributed by atoms with Gasteiger partial charge in [-0.1, -0.05) is 66.9 Å². The maximum absolute atomic E-state index is 12.9. The average Bonchev–Trinajstić information content (AvgIpc) is 3.25. The van der Waals surface area contributed by atoms with E-state index in [2.05, 4.69) is 10.4 Å². The molecule has 1 heterocycles. The predicted octanol–water partition coefficient (Wildman–Crippen LogP) is 4.46. The Balaban J connectivity index is 1.38. The van der Waals surface area contributed by atoms with E-state index in [9.17, 15) is 14.7 Å². The second-order valence-electron chi connectivity index (χ2n) is 8.54. The summed E-state index contributed by atoms with van der Waals surface area (Å²) in [7, 11) is 0. The molecule has 2 aromatic carbocycles. The number of rotatable bonds is 10. The molecule has 0 radical (unpaired) electrons. The summed E-state index contributed by atoms with van der Waals surface area (Å²) in [6, 6.07) is 18.3. The fraction of sp³-hybridized carbons (Fsp3) is 0.346. The Morgan fingerprint density at radius 1 is 1.03 bits per heavy atom. The van der Waals surface area contributed by atoms with Crippen LogP contribution in [-0.4, -0.2) is 38.9 Å². The Labute approximate surface area is 208 Å². The molecule has 8 nitrogen and oxygen atoms in total. The SMILES string of the molecule is O=C(Cn1nc(C(=O)O)cc1OCc1cccc(Cl)c1)NC1CCCCC1OCc1ccccc1. The minimum absolute atomic E-state index is 0.0846. The summed E-state index contributed by atoms with van der Waals surface area (Å²) in [6.45, 7) is 0.478. The quantitative estimate of drug-likeness (QED) is 0.429. The van der Waals surface area contributed by atoms with Crippen molar-refractivity contribution in [2.45, 2.75) is 57.6 Å². The number of hydrogen-bond donors (Lipinski definition) is 2. The lowest BCUT2D eigenvalue weighted by atomic mass is 9.92. The number of hydrogen-bond acceptors (Lipinski definition) is 5. The van der Waals surface area contributed by atoms with Crippen LogP contribution >= 0.6 is 11.6 Å². The fourth-order valence-corrected chi connectivity index (χ4v) is 4.36. The largest absolute Gasteiger partial charge is 0.476 e. The van der Waals surface area contributed by atoms with Crippen LogP contribution in [0.2, 0.25) is 5.02 Å². The molecular weight excluding hydrogens is 470 g/mol. The molecule has 35 heavy (non-hydrogen) atoms. The van der Waals surface area contributed by atoms with Gasteiger partial charge in [0.05, 0.1) is 18.8 Å². The molecule has 2 atom stereocenters.